The van der Waals surface area contributed by atoms with E-state index in [1.54, 1.807) is 0 Å². The number of hydrogen-bond acceptors (Lipinski definition) is 1. The van der Waals surface area contributed by atoms with Crippen LogP contribution >= 0.6 is 0 Å². The molecule has 1 nitrogen and oxygen atoms in total. The summed E-state index contributed by atoms with van der Waals surface area (Å²) in [5, 5.41) is 0. The van der Waals surface area contributed by atoms with E-state index < -0.39 is 0 Å². The van der Waals surface area contributed by atoms with Gasteiger partial charge in [0.2, 0.25) is 0 Å². The molecule has 1 atom stereocenters. The predicted molar refractivity (Wildman–Crippen MR) is 158 cm³/mol. The molecular formula is C35H39N. The Hall–Kier alpha value is -3.58. The van der Waals surface area contributed by atoms with Gasteiger partial charge >= 0.3 is 0 Å². The smallest absolute Gasteiger partial charge is 0.0461 e. The number of rotatable bonds is 8. The van der Waals surface area contributed by atoms with Crippen molar-refractivity contribution in [3.8, 4) is 0 Å². The second-order valence-electron chi connectivity index (χ2n) is 10.8. The highest BCUT2D eigenvalue weighted by atomic mass is 15.1. The highest BCUT2D eigenvalue weighted by Crippen LogP contribution is 2.37. The largest absolute Gasteiger partial charge is 0.311 e. The van der Waals surface area contributed by atoms with E-state index in [0.29, 0.717) is 5.92 Å². The van der Waals surface area contributed by atoms with Gasteiger partial charge in [0.25, 0.3) is 0 Å². The molecule has 0 saturated heterocycles. The van der Waals surface area contributed by atoms with E-state index in [0.717, 1.165) is 24.1 Å². The second-order valence-corrected chi connectivity index (χ2v) is 10.8. The fraction of sp³-hybridized carbons (Fsp3) is 0.257. The van der Waals surface area contributed by atoms with Crippen LogP contribution in [0.3, 0.4) is 0 Å². The Kier molecular flexibility index (Phi) is 7.79. The first kappa shape index (κ1) is 25.5. The summed E-state index contributed by atoms with van der Waals surface area (Å²) in [6, 6.07) is 37.4. The normalized spacial score (nSPS) is 12.2. The molecule has 0 saturated carbocycles. The quantitative estimate of drug-likeness (QED) is 0.246. The molecule has 36 heavy (non-hydrogen) atoms. The molecule has 184 valence electrons. The standard InChI is InChI=1S/C35H39N/c1-7-26(2)30-15-21-33(22-16-30)36(34-23-17-31(18-24-34)35(4,5)6)32-19-13-28(14-20-32)25-27(3)29-11-9-8-10-12-29/h8-24,26H,3,7,25H2,1-2,4-6H3. The van der Waals surface area contributed by atoms with Crippen molar-refractivity contribution in [3.05, 3.63) is 132 Å². The van der Waals surface area contributed by atoms with Crippen LogP contribution in [0.5, 0.6) is 0 Å². The zero-order valence-electron chi connectivity index (χ0n) is 22.5. The summed E-state index contributed by atoms with van der Waals surface area (Å²) in [5.41, 5.74) is 9.96. The van der Waals surface area contributed by atoms with Gasteiger partial charge in [-0.2, -0.15) is 0 Å². The van der Waals surface area contributed by atoms with Gasteiger partial charge in [-0.1, -0.05) is 108 Å². The van der Waals surface area contributed by atoms with E-state index in [2.05, 4.69) is 143 Å². The first-order valence-corrected chi connectivity index (χ1v) is 13.1. The third-order valence-electron chi connectivity index (χ3n) is 7.12. The van der Waals surface area contributed by atoms with Crippen molar-refractivity contribution < 1.29 is 0 Å². The summed E-state index contributed by atoms with van der Waals surface area (Å²) in [5.74, 6) is 0.565. The van der Waals surface area contributed by atoms with Gasteiger partial charge in [-0.15, -0.1) is 0 Å². The Morgan fingerprint density at radius 3 is 1.72 bits per heavy atom. The first-order valence-electron chi connectivity index (χ1n) is 13.1. The van der Waals surface area contributed by atoms with E-state index in [1.165, 1.54) is 33.6 Å². The van der Waals surface area contributed by atoms with Crippen molar-refractivity contribution in [1.82, 2.24) is 0 Å². The van der Waals surface area contributed by atoms with Crippen LogP contribution in [0, 0.1) is 0 Å². The van der Waals surface area contributed by atoms with Crippen molar-refractivity contribution >= 4 is 22.6 Å². The van der Waals surface area contributed by atoms with Gasteiger partial charge in [0.15, 0.2) is 0 Å². The van der Waals surface area contributed by atoms with Gasteiger partial charge in [0, 0.05) is 17.1 Å². The number of hydrogen-bond donors (Lipinski definition) is 0. The number of benzene rings is 4. The predicted octanol–water partition coefficient (Wildman–Crippen LogP) is 10.2. The highest BCUT2D eigenvalue weighted by Gasteiger charge is 2.17. The van der Waals surface area contributed by atoms with Crippen molar-refractivity contribution in [3.63, 3.8) is 0 Å². The molecule has 0 spiro atoms. The summed E-state index contributed by atoms with van der Waals surface area (Å²) >= 11 is 0. The molecule has 0 aliphatic heterocycles. The molecule has 1 unspecified atom stereocenters. The van der Waals surface area contributed by atoms with E-state index in [1.807, 2.05) is 6.07 Å². The molecule has 4 aromatic rings. The fourth-order valence-electron chi connectivity index (χ4n) is 4.53. The Morgan fingerprint density at radius 2 is 1.22 bits per heavy atom. The highest BCUT2D eigenvalue weighted by molar-refractivity contribution is 5.77. The van der Waals surface area contributed by atoms with Gasteiger partial charge in [0.05, 0.1) is 0 Å². The maximum Gasteiger partial charge on any atom is 0.0461 e. The Balaban J connectivity index is 1.66. The summed E-state index contributed by atoms with van der Waals surface area (Å²) < 4.78 is 0. The molecule has 0 bridgehead atoms. The lowest BCUT2D eigenvalue weighted by atomic mass is 9.87. The number of nitrogens with zero attached hydrogens (tertiary/aromatic N) is 1. The van der Waals surface area contributed by atoms with Gasteiger partial charge in [-0.25, -0.2) is 0 Å². The monoisotopic (exact) mass is 473 g/mol. The van der Waals surface area contributed by atoms with Crippen molar-refractivity contribution in [2.24, 2.45) is 0 Å². The van der Waals surface area contributed by atoms with Gasteiger partial charge in [-0.05, 0) is 88.4 Å². The van der Waals surface area contributed by atoms with Gasteiger partial charge in [0.1, 0.15) is 0 Å². The molecule has 0 aromatic heterocycles. The average Bonchev–Trinajstić information content (AvgIpc) is 2.90. The van der Waals surface area contributed by atoms with Crippen LogP contribution in [0.2, 0.25) is 0 Å². The van der Waals surface area contributed by atoms with Crippen LogP contribution < -0.4 is 4.90 Å². The summed E-state index contributed by atoms with van der Waals surface area (Å²) in [6.45, 7) is 15.6. The molecule has 0 fully saturated rings. The molecule has 4 rings (SSSR count). The van der Waals surface area contributed by atoms with Gasteiger partial charge < -0.3 is 4.90 Å². The van der Waals surface area contributed by atoms with E-state index in [4.69, 9.17) is 0 Å². The van der Waals surface area contributed by atoms with Crippen LogP contribution in [0.15, 0.2) is 110 Å². The third kappa shape index (κ3) is 5.97. The third-order valence-corrected chi connectivity index (χ3v) is 7.12. The topological polar surface area (TPSA) is 3.24 Å². The fourth-order valence-corrected chi connectivity index (χ4v) is 4.53. The maximum atomic E-state index is 4.32. The van der Waals surface area contributed by atoms with Crippen molar-refractivity contribution in [2.45, 2.75) is 58.8 Å². The van der Waals surface area contributed by atoms with Crippen LogP contribution in [-0.2, 0) is 11.8 Å². The number of anilines is 3. The Morgan fingerprint density at radius 1 is 0.722 bits per heavy atom. The summed E-state index contributed by atoms with van der Waals surface area (Å²) in [7, 11) is 0. The molecule has 4 aromatic carbocycles. The second kappa shape index (κ2) is 11.0. The lowest BCUT2D eigenvalue weighted by Crippen LogP contribution is -2.13. The lowest BCUT2D eigenvalue weighted by molar-refractivity contribution is 0.590. The van der Waals surface area contributed by atoms with Crippen LogP contribution in [-0.4, -0.2) is 0 Å². The minimum atomic E-state index is 0.129. The molecule has 1 heteroatoms. The van der Waals surface area contributed by atoms with Gasteiger partial charge in [-0.3, -0.25) is 0 Å². The van der Waals surface area contributed by atoms with Crippen molar-refractivity contribution in [2.75, 3.05) is 4.90 Å². The van der Waals surface area contributed by atoms with E-state index in [-0.39, 0.29) is 5.41 Å². The minimum absolute atomic E-state index is 0.129. The Bertz CT molecular complexity index is 1260. The number of allylic oxidation sites excluding steroid dienone is 1. The first-order chi connectivity index (χ1) is 17.3. The van der Waals surface area contributed by atoms with Crippen LogP contribution in [0.4, 0.5) is 17.1 Å². The SMILES string of the molecule is C=C(Cc1ccc(N(c2ccc(C(C)CC)cc2)c2ccc(C(C)(C)C)cc2)cc1)c1ccccc1. The summed E-state index contributed by atoms with van der Waals surface area (Å²) in [4.78, 5) is 2.35. The zero-order valence-corrected chi connectivity index (χ0v) is 22.5. The molecule has 0 aliphatic carbocycles. The van der Waals surface area contributed by atoms with E-state index >= 15 is 0 Å². The average molecular weight is 474 g/mol. The Labute approximate surface area is 218 Å². The maximum absolute atomic E-state index is 4.32. The molecule has 0 aliphatic rings. The summed E-state index contributed by atoms with van der Waals surface area (Å²) in [6.07, 6.45) is 1.99. The zero-order chi connectivity index (χ0) is 25.7. The lowest BCUT2D eigenvalue weighted by Gasteiger charge is -2.27. The van der Waals surface area contributed by atoms with Crippen molar-refractivity contribution in [1.29, 1.82) is 0 Å². The van der Waals surface area contributed by atoms with E-state index in [9.17, 15) is 0 Å². The van der Waals surface area contributed by atoms with Crippen LogP contribution in [0.1, 0.15) is 69.2 Å². The molecule has 0 N–H and O–H groups in total. The molecule has 0 radical (unpaired) electrons. The van der Waals surface area contributed by atoms with Crippen LogP contribution in [0.25, 0.3) is 5.57 Å². The molecule has 0 heterocycles. The molecule has 0 amide bonds. The molecular weight excluding hydrogens is 434 g/mol. The minimum Gasteiger partial charge on any atom is -0.311 e.